The predicted octanol–water partition coefficient (Wildman–Crippen LogP) is 2.82. The third kappa shape index (κ3) is 3.17. The first-order chi connectivity index (χ1) is 11.5. The van der Waals surface area contributed by atoms with Crippen LogP contribution in [0.2, 0.25) is 5.02 Å². The summed E-state index contributed by atoms with van der Waals surface area (Å²) in [7, 11) is 4.36. The van der Waals surface area contributed by atoms with E-state index >= 15 is 0 Å². The molecule has 0 bridgehead atoms. The number of rotatable bonds is 4. The van der Waals surface area contributed by atoms with Gasteiger partial charge in [-0.2, -0.15) is 0 Å². The minimum atomic E-state index is -0.710. The maximum absolute atomic E-state index is 12.5. The van der Waals surface area contributed by atoms with Gasteiger partial charge in [0.2, 0.25) is 0 Å². The van der Waals surface area contributed by atoms with Crippen LogP contribution in [0.3, 0.4) is 0 Å². The van der Waals surface area contributed by atoms with Crippen LogP contribution in [-0.4, -0.2) is 33.2 Å². The standard InChI is InChI=1S/C18H20ClNO4/c1-10-9-13(20-2)16(18(22)24-4)15(14(10)17(21)23-3)11-7-5-6-8-12(11)19/h5-9,15-16,20H,1-4H3/t15-,16+/m0/s1. The van der Waals surface area contributed by atoms with Crippen molar-refractivity contribution in [2.45, 2.75) is 12.8 Å². The summed E-state index contributed by atoms with van der Waals surface area (Å²) in [6.07, 6.45) is 1.77. The lowest BCUT2D eigenvalue weighted by molar-refractivity contribution is -0.145. The Morgan fingerprint density at radius 1 is 1.17 bits per heavy atom. The Bertz CT molecular complexity index is 723. The maximum atomic E-state index is 12.5. The number of esters is 2. The van der Waals surface area contributed by atoms with Crippen molar-refractivity contribution in [3.05, 3.63) is 57.8 Å². The fraction of sp³-hybridized carbons (Fsp3) is 0.333. The molecule has 2 atom stereocenters. The van der Waals surface area contributed by atoms with Gasteiger partial charge in [0, 0.05) is 29.3 Å². The van der Waals surface area contributed by atoms with Crippen molar-refractivity contribution in [2.24, 2.45) is 5.92 Å². The summed E-state index contributed by atoms with van der Waals surface area (Å²) in [6, 6.07) is 7.15. The van der Waals surface area contributed by atoms with Crippen LogP contribution in [0, 0.1) is 5.92 Å². The van der Waals surface area contributed by atoms with Crippen LogP contribution in [0.1, 0.15) is 18.4 Å². The van der Waals surface area contributed by atoms with Gasteiger partial charge in [0.25, 0.3) is 0 Å². The highest BCUT2D eigenvalue weighted by Gasteiger charge is 2.42. The zero-order valence-electron chi connectivity index (χ0n) is 14.1. The van der Waals surface area contributed by atoms with Gasteiger partial charge >= 0.3 is 11.9 Å². The van der Waals surface area contributed by atoms with E-state index in [0.29, 0.717) is 21.9 Å². The fourth-order valence-electron chi connectivity index (χ4n) is 3.07. The number of methoxy groups -OCH3 is 2. The Morgan fingerprint density at radius 2 is 1.83 bits per heavy atom. The molecule has 128 valence electrons. The molecule has 1 aliphatic carbocycles. The van der Waals surface area contributed by atoms with Gasteiger partial charge in [-0.3, -0.25) is 4.79 Å². The first kappa shape index (κ1) is 18.1. The normalized spacial score (nSPS) is 20.3. The number of carbonyl (C=O) groups is 2. The van der Waals surface area contributed by atoms with Gasteiger partial charge in [0.05, 0.1) is 14.2 Å². The second-order valence-electron chi connectivity index (χ2n) is 5.44. The third-order valence-electron chi connectivity index (χ3n) is 4.17. The summed E-state index contributed by atoms with van der Waals surface area (Å²) in [6.45, 7) is 1.81. The van der Waals surface area contributed by atoms with E-state index in [1.807, 2.05) is 6.07 Å². The van der Waals surface area contributed by atoms with Crippen LogP contribution in [0.5, 0.6) is 0 Å². The van der Waals surface area contributed by atoms with Crippen molar-refractivity contribution < 1.29 is 19.1 Å². The van der Waals surface area contributed by atoms with Gasteiger partial charge in [0.15, 0.2) is 0 Å². The first-order valence-corrected chi connectivity index (χ1v) is 7.84. The lowest BCUT2D eigenvalue weighted by atomic mass is 9.73. The summed E-state index contributed by atoms with van der Waals surface area (Å²) < 4.78 is 9.91. The molecule has 1 N–H and O–H groups in total. The van der Waals surface area contributed by atoms with Gasteiger partial charge < -0.3 is 14.8 Å². The molecule has 0 amide bonds. The second kappa shape index (κ2) is 7.53. The summed E-state index contributed by atoms with van der Waals surface area (Å²) in [5.74, 6) is -2.24. The molecule has 6 heteroatoms. The average molecular weight is 350 g/mol. The molecule has 1 aromatic rings. The zero-order chi connectivity index (χ0) is 17.9. The van der Waals surface area contributed by atoms with E-state index in [1.165, 1.54) is 14.2 Å². The molecular formula is C18H20ClNO4. The van der Waals surface area contributed by atoms with E-state index in [1.54, 1.807) is 38.2 Å². The number of ether oxygens (including phenoxy) is 2. The van der Waals surface area contributed by atoms with Crippen LogP contribution in [-0.2, 0) is 19.1 Å². The minimum Gasteiger partial charge on any atom is -0.468 e. The predicted molar refractivity (Wildman–Crippen MR) is 91.6 cm³/mol. The van der Waals surface area contributed by atoms with Crippen molar-refractivity contribution in [1.29, 1.82) is 0 Å². The van der Waals surface area contributed by atoms with Crippen molar-refractivity contribution >= 4 is 23.5 Å². The topological polar surface area (TPSA) is 64.6 Å². The van der Waals surface area contributed by atoms with E-state index in [2.05, 4.69) is 5.32 Å². The van der Waals surface area contributed by atoms with E-state index in [4.69, 9.17) is 21.1 Å². The molecule has 1 aliphatic rings. The largest absolute Gasteiger partial charge is 0.468 e. The Kier molecular flexibility index (Phi) is 5.67. The Labute approximate surface area is 146 Å². The SMILES string of the molecule is CNC1=CC(C)=C(C(=O)OC)[C@H](c2ccccc2Cl)[C@@H]1C(=O)OC. The minimum absolute atomic E-state index is 0.403. The van der Waals surface area contributed by atoms with E-state index < -0.39 is 23.8 Å². The highest BCUT2D eigenvalue weighted by atomic mass is 35.5. The number of benzene rings is 1. The van der Waals surface area contributed by atoms with E-state index in [0.717, 1.165) is 5.57 Å². The highest BCUT2D eigenvalue weighted by Crippen LogP contribution is 2.44. The maximum Gasteiger partial charge on any atom is 0.334 e. The van der Waals surface area contributed by atoms with Crippen LogP contribution >= 0.6 is 11.6 Å². The molecule has 0 aliphatic heterocycles. The zero-order valence-corrected chi connectivity index (χ0v) is 14.8. The van der Waals surface area contributed by atoms with Gasteiger partial charge in [-0.15, -0.1) is 0 Å². The molecule has 1 aromatic carbocycles. The van der Waals surface area contributed by atoms with Crippen molar-refractivity contribution in [2.75, 3.05) is 21.3 Å². The Balaban J connectivity index is 2.74. The van der Waals surface area contributed by atoms with Crippen LogP contribution in [0.25, 0.3) is 0 Å². The molecule has 0 heterocycles. The molecular weight excluding hydrogens is 330 g/mol. The van der Waals surface area contributed by atoms with Gasteiger partial charge in [-0.05, 0) is 30.2 Å². The molecule has 0 spiro atoms. The third-order valence-corrected chi connectivity index (χ3v) is 4.51. The number of allylic oxidation sites excluding steroid dienone is 2. The highest BCUT2D eigenvalue weighted by molar-refractivity contribution is 6.31. The van der Waals surface area contributed by atoms with E-state index in [9.17, 15) is 9.59 Å². The van der Waals surface area contributed by atoms with Crippen molar-refractivity contribution in [3.63, 3.8) is 0 Å². The molecule has 2 rings (SSSR count). The van der Waals surface area contributed by atoms with Crippen molar-refractivity contribution in [3.8, 4) is 0 Å². The summed E-state index contributed by atoms with van der Waals surface area (Å²) in [5, 5.41) is 3.50. The molecule has 24 heavy (non-hydrogen) atoms. The fourth-order valence-corrected chi connectivity index (χ4v) is 3.32. The summed E-state index contributed by atoms with van der Waals surface area (Å²) >= 11 is 6.36. The molecule has 0 saturated carbocycles. The van der Waals surface area contributed by atoms with Gasteiger partial charge in [-0.25, -0.2) is 4.79 Å². The summed E-state index contributed by atoms with van der Waals surface area (Å²) in [4.78, 5) is 24.9. The first-order valence-electron chi connectivity index (χ1n) is 7.46. The van der Waals surface area contributed by atoms with Crippen LogP contribution in [0.4, 0.5) is 0 Å². The molecule has 5 nitrogen and oxygen atoms in total. The number of halogens is 1. The average Bonchev–Trinajstić information content (AvgIpc) is 2.59. The van der Waals surface area contributed by atoms with Crippen LogP contribution in [0.15, 0.2) is 47.2 Å². The number of hydrogen-bond donors (Lipinski definition) is 1. The smallest absolute Gasteiger partial charge is 0.334 e. The molecule has 0 aromatic heterocycles. The molecule has 0 saturated heterocycles. The molecule has 0 fully saturated rings. The van der Waals surface area contributed by atoms with Crippen LogP contribution < -0.4 is 5.32 Å². The number of hydrogen-bond acceptors (Lipinski definition) is 5. The van der Waals surface area contributed by atoms with Crippen molar-refractivity contribution in [1.82, 2.24) is 5.32 Å². The molecule has 0 unspecified atom stereocenters. The lowest BCUT2D eigenvalue weighted by Gasteiger charge is -2.33. The Hall–Kier alpha value is -2.27. The monoisotopic (exact) mass is 349 g/mol. The Morgan fingerprint density at radius 3 is 2.38 bits per heavy atom. The summed E-state index contributed by atoms with van der Waals surface area (Å²) in [5.41, 5.74) is 2.46. The van der Waals surface area contributed by atoms with E-state index in [-0.39, 0.29) is 0 Å². The lowest BCUT2D eigenvalue weighted by Crippen LogP contribution is -2.36. The number of carbonyl (C=O) groups excluding carboxylic acids is 2. The van der Waals surface area contributed by atoms with Gasteiger partial charge in [0.1, 0.15) is 5.92 Å². The van der Waals surface area contributed by atoms with Gasteiger partial charge in [-0.1, -0.05) is 29.8 Å². The number of nitrogens with one attached hydrogen (secondary N) is 1. The molecule has 0 radical (unpaired) electrons. The second-order valence-corrected chi connectivity index (χ2v) is 5.85. The quantitative estimate of drug-likeness (QED) is 0.847.